The molecule has 106 valence electrons. The van der Waals surface area contributed by atoms with Crippen molar-refractivity contribution in [3.63, 3.8) is 0 Å². The first-order valence-corrected chi connectivity index (χ1v) is 7.40. The van der Waals surface area contributed by atoms with Crippen LogP contribution in [0.3, 0.4) is 0 Å². The zero-order chi connectivity index (χ0) is 14.6. The fourth-order valence-electron chi connectivity index (χ4n) is 1.57. The molecule has 0 fully saturated rings. The minimum Gasteiger partial charge on any atom is -0.483 e. The van der Waals surface area contributed by atoms with Gasteiger partial charge in [0.05, 0.1) is 14.8 Å². The van der Waals surface area contributed by atoms with Crippen LogP contribution >= 0.6 is 8.15 Å². The Balaban J connectivity index is 0.000000612. The Bertz CT molecular complexity index is 439. The van der Waals surface area contributed by atoms with Crippen LogP contribution in [-0.2, 0) is 9.32 Å². The lowest BCUT2D eigenvalue weighted by molar-refractivity contribution is -0.122. The highest BCUT2D eigenvalue weighted by Gasteiger charge is 2.13. The van der Waals surface area contributed by atoms with E-state index < -0.39 is 8.15 Å². The lowest BCUT2D eigenvalue weighted by Crippen LogP contribution is -2.16. The molecule has 0 saturated heterocycles. The third-order valence-electron chi connectivity index (χ3n) is 2.32. The molecule has 0 saturated carbocycles. The quantitative estimate of drug-likeness (QED) is 0.650. The molecule has 5 heteroatoms. The minimum absolute atomic E-state index is 0.250. The Morgan fingerprint density at radius 3 is 1.75 bits per heavy atom. The van der Waals surface area contributed by atoms with E-state index in [1.54, 1.807) is 0 Å². The van der Waals surface area contributed by atoms with Crippen LogP contribution in [0.2, 0.25) is 0 Å². The summed E-state index contributed by atoms with van der Waals surface area (Å²) in [7, 11) is -0.737. The molecule has 20 heavy (non-hydrogen) atoms. The minimum atomic E-state index is -0.737. The van der Waals surface area contributed by atoms with Crippen molar-refractivity contribution in [1.82, 2.24) is 0 Å². The molecule has 0 amide bonds. The van der Waals surface area contributed by atoms with E-state index >= 15 is 0 Å². The molecule has 0 radical (unpaired) electrons. The molecule has 0 aliphatic heterocycles. The Kier molecular flexibility index (Phi) is 8.24. The van der Waals surface area contributed by atoms with E-state index in [4.69, 9.17) is 20.2 Å². The van der Waals surface area contributed by atoms with Gasteiger partial charge < -0.3 is 15.4 Å². The van der Waals surface area contributed by atoms with Crippen LogP contribution in [0, 0.1) is 0 Å². The van der Waals surface area contributed by atoms with Gasteiger partial charge in [-0.25, -0.2) is 0 Å². The molecule has 0 bridgehead atoms. The molecular weight excluding hydrogens is 273 g/mol. The van der Waals surface area contributed by atoms with E-state index in [1.807, 2.05) is 36.4 Å². The SMILES string of the molecule is NCCOP(c1ccccc1)c1ccccc1.O=CO. The fraction of sp³-hybridized carbons (Fsp3) is 0.133. The first-order chi connectivity index (χ1) is 9.83. The number of rotatable bonds is 5. The summed E-state index contributed by atoms with van der Waals surface area (Å²) in [6.45, 7) is 0.897. The molecule has 0 aliphatic rings. The average molecular weight is 291 g/mol. The first-order valence-electron chi connectivity index (χ1n) is 6.14. The van der Waals surface area contributed by atoms with Crippen LogP contribution in [0.5, 0.6) is 0 Å². The van der Waals surface area contributed by atoms with Gasteiger partial charge in [0.1, 0.15) is 0 Å². The van der Waals surface area contributed by atoms with Crippen LogP contribution in [0.15, 0.2) is 60.7 Å². The van der Waals surface area contributed by atoms with Crippen LogP contribution < -0.4 is 16.3 Å². The molecule has 0 aromatic heterocycles. The van der Waals surface area contributed by atoms with E-state index in [0.29, 0.717) is 13.2 Å². The molecule has 2 rings (SSSR count). The van der Waals surface area contributed by atoms with Crippen molar-refractivity contribution >= 4 is 25.2 Å². The standard InChI is InChI=1S/C14H16NOP.CH2O2/c15-11-12-16-17(13-7-3-1-4-8-13)14-9-5-2-6-10-14;2-1-3/h1-10H,11-12,15H2;1H,(H,2,3). The van der Waals surface area contributed by atoms with E-state index in [1.165, 1.54) is 10.6 Å². The molecule has 0 unspecified atom stereocenters. The summed E-state index contributed by atoms with van der Waals surface area (Å²) in [6.07, 6.45) is 0. The predicted molar refractivity (Wildman–Crippen MR) is 82.8 cm³/mol. The van der Waals surface area contributed by atoms with Crippen molar-refractivity contribution in [1.29, 1.82) is 0 Å². The normalized spacial score (nSPS) is 9.70. The van der Waals surface area contributed by atoms with Crippen molar-refractivity contribution in [3.8, 4) is 0 Å². The van der Waals surface area contributed by atoms with Crippen LogP contribution in [-0.4, -0.2) is 24.7 Å². The van der Waals surface area contributed by atoms with E-state index in [0.717, 1.165) is 0 Å². The molecule has 0 atom stereocenters. The summed E-state index contributed by atoms with van der Waals surface area (Å²) in [5.74, 6) is 0. The second-order valence-corrected chi connectivity index (χ2v) is 5.57. The Labute approximate surface area is 120 Å². The third kappa shape index (κ3) is 5.49. The van der Waals surface area contributed by atoms with Gasteiger partial charge in [0, 0.05) is 17.2 Å². The molecule has 0 aliphatic carbocycles. The monoisotopic (exact) mass is 291 g/mol. The largest absolute Gasteiger partial charge is 0.483 e. The van der Waals surface area contributed by atoms with Gasteiger partial charge >= 0.3 is 0 Å². The maximum atomic E-state index is 8.36. The van der Waals surface area contributed by atoms with Crippen LogP contribution in [0.1, 0.15) is 0 Å². The number of nitrogens with two attached hydrogens (primary N) is 1. The smallest absolute Gasteiger partial charge is 0.290 e. The van der Waals surface area contributed by atoms with E-state index in [9.17, 15) is 0 Å². The van der Waals surface area contributed by atoms with Crippen molar-refractivity contribution in [2.24, 2.45) is 5.73 Å². The molecule has 2 aromatic rings. The molecule has 0 heterocycles. The third-order valence-corrected chi connectivity index (χ3v) is 4.29. The van der Waals surface area contributed by atoms with Gasteiger partial charge in [-0.15, -0.1) is 0 Å². The van der Waals surface area contributed by atoms with Crippen molar-refractivity contribution < 1.29 is 14.4 Å². The highest BCUT2D eigenvalue weighted by Crippen LogP contribution is 2.34. The van der Waals surface area contributed by atoms with Crippen molar-refractivity contribution in [3.05, 3.63) is 60.7 Å². The van der Waals surface area contributed by atoms with Gasteiger partial charge in [-0.05, 0) is 0 Å². The lowest BCUT2D eigenvalue weighted by atomic mass is 10.4. The van der Waals surface area contributed by atoms with Crippen LogP contribution in [0.25, 0.3) is 0 Å². The van der Waals surface area contributed by atoms with Gasteiger partial charge in [-0.3, -0.25) is 4.79 Å². The second kappa shape index (κ2) is 10.1. The average Bonchev–Trinajstić information content (AvgIpc) is 2.51. The number of hydrogen-bond acceptors (Lipinski definition) is 3. The fourth-order valence-corrected chi connectivity index (χ4v) is 3.34. The second-order valence-electron chi connectivity index (χ2n) is 3.69. The summed E-state index contributed by atoms with van der Waals surface area (Å²) in [5, 5.41) is 9.34. The maximum absolute atomic E-state index is 8.36. The summed E-state index contributed by atoms with van der Waals surface area (Å²) in [5.41, 5.74) is 5.52. The van der Waals surface area contributed by atoms with E-state index in [2.05, 4.69) is 24.3 Å². The first kappa shape index (κ1) is 16.3. The number of benzene rings is 2. The number of hydrogen-bond donors (Lipinski definition) is 2. The maximum Gasteiger partial charge on any atom is 0.290 e. The summed E-state index contributed by atoms with van der Waals surface area (Å²) >= 11 is 0. The van der Waals surface area contributed by atoms with Gasteiger partial charge in [0.15, 0.2) is 0 Å². The van der Waals surface area contributed by atoms with Crippen molar-refractivity contribution in [2.45, 2.75) is 0 Å². The molecule has 3 N–H and O–H groups in total. The zero-order valence-corrected chi connectivity index (χ0v) is 11.9. The van der Waals surface area contributed by atoms with Gasteiger partial charge in [0.25, 0.3) is 6.47 Å². The summed E-state index contributed by atoms with van der Waals surface area (Å²) in [4.78, 5) is 8.36. The highest BCUT2D eigenvalue weighted by atomic mass is 31.1. The molecule has 2 aromatic carbocycles. The molecule has 0 spiro atoms. The van der Waals surface area contributed by atoms with Gasteiger partial charge in [-0.1, -0.05) is 60.7 Å². The van der Waals surface area contributed by atoms with Crippen molar-refractivity contribution in [2.75, 3.05) is 13.2 Å². The Morgan fingerprint density at radius 2 is 1.40 bits per heavy atom. The summed E-state index contributed by atoms with van der Waals surface area (Å²) in [6, 6.07) is 20.6. The Morgan fingerprint density at radius 1 is 1.00 bits per heavy atom. The Hall–Kier alpha value is -1.74. The van der Waals surface area contributed by atoms with E-state index in [-0.39, 0.29) is 6.47 Å². The molecular formula is C15H18NO3P. The van der Waals surface area contributed by atoms with Crippen LogP contribution in [0.4, 0.5) is 0 Å². The van der Waals surface area contributed by atoms with Gasteiger partial charge in [-0.2, -0.15) is 0 Å². The molecule has 4 nitrogen and oxygen atoms in total. The lowest BCUT2D eigenvalue weighted by Gasteiger charge is -2.17. The number of carbonyl (C=O) groups is 1. The zero-order valence-electron chi connectivity index (χ0n) is 11.1. The predicted octanol–water partition coefficient (Wildman–Crippen LogP) is 1.71. The summed E-state index contributed by atoms with van der Waals surface area (Å²) < 4.78 is 5.90. The van der Waals surface area contributed by atoms with Gasteiger partial charge in [0.2, 0.25) is 0 Å². The highest BCUT2D eigenvalue weighted by molar-refractivity contribution is 7.68. The topological polar surface area (TPSA) is 72.5 Å². The number of carboxylic acid groups (broad SMARTS) is 1.